The molecule has 3 aromatic heterocycles. The summed E-state index contributed by atoms with van der Waals surface area (Å²) >= 11 is 0. The van der Waals surface area contributed by atoms with E-state index in [0.717, 1.165) is 34.1 Å². The highest BCUT2D eigenvalue weighted by atomic mass is 35.7. The van der Waals surface area contributed by atoms with Crippen molar-refractivity contribution in [1.82, 2.24) is 14.5 Å². The van der Waals surface area contributed by atoms with Crippen LogP contribution in [0, 0.1) is 10.2 Å². The Balaban J connectivity index is 0.000000540. The van der Waals surface area contributed by atoms with Gasteiger partial charge in [0.2, 0.25) is 5.82 Å². The normalized spacial score (nSPS) is 11.2. The van der Waals surface area contributed by atoms with Gasteiger partial charge in [-0.1, -0.05) is 66.7 Å². The third kappa shape index (κ3) is 5.60. The first-order valence-electron chi connectivity index (χ1n) is 11.6. The van der Waals surface area contributed by atoms with Crippen molar-refractivity contribution >= 4 is 11.0 Å². The molecule has 0 bridgehead atoms. The van der Waals surface area contributed by atoms with Gasteiger partial charge in [-0.05, 0) is 53.6 Å². The van der Waals surface area contributed by atoms with Crippen LogP contribution >= 0.6 is 0 Å². The molecule has 0 amide bonds. The van der Waals surface area contributed by atoms with Crippen molar-refractivity contribution in [3.63, 3.8) is 0 Å². The first kappa shape index (κ1) is 25.2. The van der Waals surface area contributed by atoms with Gasteiger partial charge in [0.25, 0.3) is 5.82 Å². The van der Waals surface area contributed by atoms with Crippen LogP contribution in [-0.4, -0.2) is 14.5 Å². The Kier molecular flexibility index (Phi) is 7.23. The molecule has 0 aliphatic carbocycles. The molecule has 3 aromatic carbocycles. The Bertz CT molecular complexity index is 1560. The summed E-state index contributed by atoms with van der Waals surface area (Å²) in [5.41, 5.74) is 5.62. The molecule has 0 spiro atoms. The highest BCUT2D eigenvalue weighted by molar-refractivity contribution is 5.79. The lowest BCUT2D eigenvalue weighted by Gasteiger charge is -2.17. The van der Waals surface area contributed by atoms with Gasteiger partial charge in [-0.25, -0.2) is 28.2 Å². The van der Waals surface area contributed by atoms with Crippen molar-refractivity contribution in [2.75, 3.05) is 0 Å². The molecule has 0 atom stereocenters. The van der Waals surface area contributed by atoms with Crippen LogP contribution in [0.3, 0.4) is 0 Å². The second-order valence-corrected chi connectivity index (χ2v) is 8.94. The van der Waals surface area contributed by atoms with E-state index in [-0.39, 0.29) is 0 Å². The van der Waals surface area contributed by atoms with Crippen LogP contribution < -0.4 is 23.2 Å². The molecule has 8 nitrogen and oxygen atoms in total. The number of rotatable bonds is 4. The van der Waals surface area contributed by atoms with E-state index in [4.69, 9.17) is 18.6 Å². The van der Waals surface area contributed by atoms with Gasteiger partial charge < -0.3 is 0 Å². The predicted octanol–water partition coefficient (Wildman–Crippen LogP) is 1.28. The zero-order valence-electron chi connectivity index (χ0n) is 19.9. The number of para-hydroxylation sites is 2. The summed E-state index contributed by atoms with van der Waals surface area (Å²) in [6.45, 7) is 0. The average molecular weight is 525 g/mol. The molecule has 38 heavy (non-hydrogen) atoms. The summed E-state index contributed by atoms with van der Waals surface area (Å²) in [6, 6.07) is 39.5. The number of nitrogens with zero attached hydrogens (tertiary/aromatic N) is 4. The summed E-state index contributed by atoms with van der Waals surface area (Å²) < 4.78 is 38.4. The Labute approximate surface area is 220 Å². The van der Waals surface area contributed by atoms with Gasteiger partial charge in [0.15, 0.2) is 5.82 Å². The quantitative estimate of drug-likeness (QED) is 0.320. The Morgan fingerprint density at radius 1 is 0.553 bits per heavy atom. The minimum absolute atomic E-state index is 0.866. The monoisotopic (exact) mass is 524 g/mol. The highest BCUT2D eigenvalue weighted by Gasteiger charge is 2.27. The van der Waals surface area contributed by atoms with Crippen LogP contribution in [0.2, 0.25) is 0 Å². The summed E-state index contributed by atoms with van der Waals surface area (Å²) in [4.78, 5) is 9.37. The molecule has 6 rings (SSSR count). The number of hydrogen-bond donors (Lipinski definition) is 0. The summed E-state index contributed by atoms with van der Waals surface area (Å²) in [5.74, 6) is 2.74. The number of fused-ring (bicyclic) bond motifs is 1. The number of benzene rings is 3. The van der Waals surface area contributed by atoms with E-state index in [2.05, 4.69) is 91.9 Å². The molecule has 0 fully saturated rings. The zero-order valence-corrected chi connectivity index (χ0v) is 20.7. The van der Waals surface area contributed by atoms with Crippen LogP contribution in [0.4, 0.5) is 0 Å². The topological polar surface area (TPSA) is 127 Å². The fourth-order valence-electron chi connectivity index (χ4n) is 4.31. The van der Waals surface area contributed by atoms with Gasteiger partial charge in [-0.3, -0.25) is 0 Å². The van der Waals surface area contributed by atoms with Crippen molar-refractivity contribution in [3.05, 3.63) is 128 Å². The minimum Gasteiger partial charge on any atom is -0.225 e. The molecule has 0 aliphatic rings. The zero-order chi connectivity index (χ0) is 26.5. The molecule has 0 saturated heterocycles. The molecular formula is C29H21ClN4O4. The maximum absolute atomic E-state index is 8.49. The molecule has 9 heteroatoms. The largest absolute Gasteiger partial charge is 0.267 e. The fraction of sp³-hybridized carbons (Fsp3) is 0. The van der Waals surface area contributed by atoms with Crippen LogP contribution in [-0.2, 0) is 0 Å². The number of pyridine rings is 2. The molecule has 3 heterocycles. The fourth-order valence-corrected chi connectivity index (χ4v) is 4.31. The minimum atomic E-state index is -4.94. The van der Waals surface area contributed by atoms with Gasteiger partial charge >= 0.3 is 0 Å². The van der Waals surface area contributed by atoms with Crippen LogP contribution in [0.1, 0.15) is 0 Å². The smallest absolute Gasteiger partial charge is 0.225 e. The maximum atomic E-state index is 8.49. The summed E-state index contributed by atoms with van der Waals surface area (Å²) in [6.07, 6.45) is 3.66. The number of hydrogen-bond acceptors (Lipinski definition) is 6. The average Bonchev–Trinajstić information content (AvgIpc) is 3.29. The van der Waals surface area contributed by atoms with E-state index >= 15 is 0 Å². The molecule has 6 aromatic rings. The van der Waals surface area contributed by atoms with Gasteiger partial charge in [-0.2, -0.15) is 4.57 Å². The Morgan fingerprint density at radius 3 is 1.74 bits per heavy atom. The molecular weight excluding hydrogens is 504 g/mol. The SMILES string of the molecule is [O-][Cl+3]([O-])([O-])[O-].c1ccc(-c2ccc(-c3n(-c4ccccn4)c4ccccc4[n+]3-c3ccccn3)cc2)cc1. The van der Waals surface area contributed by atoms with E-state index in [1.807, 2.05) is 54.9 Å². The molecule has 0 radical (unpaired) electrons. The molecule has 0 N–H and O–H groups in total. The maximum Gasteiger partial charge on any atom is 0.267 e. The second-order valence-electron chi connectivity index (χ2n) is 8.18. The standard InChI is InChI=1S/C29H21N4.ClHO4/c1-2-10-22(11-3-1)23-16-18-24(19-17-23)29-32(27-14-6-8-20-30-27)25-12-4-5-13-26(25)33(29)28-15-7-9-21-31-28;2-1(3,4)5/h1-21H;(H,2,3,4,5)/q+1;/p-1. The van der Waals surface area contributed by atoms with Crippen LogP contribution in [0.25, 0.3) is 45.2 Å². The van der Waals surface area contributed by atoms with Crippen molar-refractivity contribution in [1.29, 1.82) is 0 Å². The van der Waals surface area contributed by atoms with E-state index in [0.29, 0.717) is 0 Å². The highest BCUT2D eigenvalue weighted by Crippen LogP contribution is 2.29. The lowest BCUT2D eigenvalue weighted by atomic mass is 10.0. The van der Waals surface area contributed by atoms with Crippen molar-refractivity contribution in [3.8, 4) is 34.2 Å². The first-order valence-corrected chi connectivity index (χ1v) is 12.8. The van der Waals surface area contributed by atoms with E-state index in [1.54, 1.807) is 0 Å². The van der Waals surface area contributed by atoms with Gasteiger partial charge in [0, 0.05) is 17.8 Å². The number of imidazole rings is 1. The molecule has 188 valence electrons. The van der Waals surface area contributed by atoms with E-state index < -0.39 is 10.2 Å². The Hall–Kier alpha value is -4.44. The van der Waals surface area contributed by atoms with Crippen molar-refractivity contribution in [2.24, 2.45) is 0 Å². The van der Waals surface area contributed by atoms with E-state index in [1.165, 1.54) is 11.1 Å². The number of halogens is 1. The molecule has 0 aliphatic heterocycles. The first-order chi connectivity index (χ1) is 18.4. The van der Waals surface area contributed by atoms with Gasteiger partial charge in [-0.15, -0.1) is 15.2 Å². The lowest BCUT2D eigenvalue weighted by Crippen LogP contribution is -2.68. The number of aromatic nitrogens is 4. The van der Waals surface area contributed by atoms with Gasteiger partial charge in [0.05, 0.1) is 0 Å². The lowest BCUT2D eigenvalue weighted by molar-refractivity contribution is -2.00. The van der Waals surface area contributed by atoms with Crippen molar-refractivity contribution in [2.45, 2.75) is 0 Å². The molecule has 0 saturated carbocycles. The third-order valence-corrected chi connectivity index (χ3v) is 5.79. The third-order valence-electron chi connectivity index (χ3n) is 5.79. The predicted molar refractivity (Wildman–Crippen MR) is 131 cm³/mol. The molecule has 0 unspecified atom stereocenters. The summed E-state index contributed by atoms with van der Waals surface area (Å²) in [7, 11) is -4.94. The van der Waals surface area contributed by atoms with Gasteiger partial charge in [0.1, 0.15) is 17.2 Å². The van der Waals surface area contributed by atoms with Crippen LogP contribution in [0.5, 0.6) is 0 Å². The van der Waals surface area contributed by atoms with E-state index in [9.17, 15) is 0 Å². The van der Waals surface area contributed by atoms with Crippen molar-refractivity contribution < 1.29 is 33.4 Å². The van der Waals surface area contributed by atoms with Crippen LogP contribution in [0.15, 0.2) is 128 Å². The summed E-state index contributed by atoms with van der Waals surface area (Å²) in [5, 5.41) is 0. The second kappa shape index (κ2) is 10.9. The Morgan fingerprint density at radius 2 is 1.11 bits per heavy atom.